The van der Waals surface area contributed by atoms with E-state index in [1.54, 1.807) is 25.1 Å². The molecule has 1 unspecified atom stereocenters. The van der Waals surface area contributed by atoms with Crippen molar-refractivity contribution in [1.29, 1.82) is 0 Å². The smallest absolute Gasteiger partial charge is 0.325 e. The third-order valence-electron chi connectivity index (χ3n) is 4.55. The molecular formula is C18H23ClN4O6. The van der Waals surface area contributed by atoms with Crippen LogP contribution in [0.15, 0.2) is 18.2 Å². The minimum absolute atomic E-state index is 0.0332. The predicted molar refractivity (Wildman–Crippen MR) is 102 cm³/mol. The van der Waals surface area contributed by atoms with Crippen molar-refractivity contribution in [3.63, 3.8) is 0 Å². The molecule has 1 aliphatic heterocycles. The van der Waals surface area contributed by atoms with Gasteiger partial charge in [0.2, 0.25) is 11.8 Å². The van der Waals surface area contributed by atoms with E-state index in [4.69, 9.17) is 21.5 Å². The van der Waals surface area contributed by atoms with E-state index < -0.39 is 42.3 Å². The van der Waals surface area contributed by atoms with Gasteiger partial charge in [0.15, 0.2) is 0 Å². The van der Waals surface area contributed by atoms with Crippen molar-refractivity contribution >= 4 is 35.4 Å². The first kappa shape index (κ1) is 22.4. The molecule has 4 N–H and O–H groups in total. The molecule has 5 amide bonds. The number of nitrogens with zero attached hydrogens (tertiary/aromatic N) is 1. The highest BCUT2D eigenvalue weighted by Crippen LogP contribution is 2.26. The third-order valence-corrected chi connectivity index (χ3v) is 4.78. The Balaban J connectivity index is 2.23. The van der Waals surface area contributed by atoms with Gasteiger partial charge in [0.1, 0.15) is 18.3 Å². The number of urea groups is 1. The van der Waals surface area contributed by atoms with Crippen LogP contribution in [0.2, 0.25) is 5.02 Å². The molecule has 2 atom stereocenters. The number of ether oxygens (including phenoxy) is 1. The molecule has 0 bridgehead atoms. The number of halogens is 1. The Morgan fingerprint density at radius 2 is 2.14 bits per heavy atom. The number of hydrogen-bond acceptors (Lipinski definition) is 6. The van der Waals surface area contributed by atoms with Crippen molar-refractivity contribution in [3.8, 4) is 5.75 Å². The van der Waals surface area contributed by atoms with Gasteiger partial charge >= 0.3 is 6.03 Å². The van der Waals surface area contributed by atoms with Gasteiger partial charge in [0, 0.05) is 11.6 Å². The Morgan fingerprint density at radius 1 is 1.41 bits per heavy atom. The van der Waals surface area contributed by atoms with E-state index in [1.807, 2.05) is 0 Å². The van der Waals surface area contributed by atoms with Crippen LogP contribution in [0, 0.1) is 5.92 Å². The molecule has 29 heavy (non-hydrogen) atoms. The molecule has 11 heteroatoms. The maximum absolute atomic E-state index is 13.0. The summed E-state index contributed by atoms with van der Waals surface area (Å²) in [6.45, 7) is 1.17. The average Bonchev–Trinajstić information content (AvgIpc) is 2.85. The van der Waals surface area contributed by atoms with Crippen molar-refractivity contribution in [2.45, 2.75) is 25.8 Å². The monoisotopic (exact) mass is 426 g/mol. The number of carbonyl (C=O) groups is 4. The number of hydrogen-bond donors (Lipinski definition) is 4. The Morgan fingerprint density at radius 3 is 2.76 bits per heavy atom. The molecule has 2 rings (SSSR count). The molecule has 1 fully saturated rings. The summed E-state index contributed by atoms with van der Waals surface area (Å²) in [5.74, 6) is -2.13. The first-order valence-electron chi connectivity index (χ1n) is 8.95. The number of imide groups is 1. The molecule has 0 radical (unpaired) electrons. The molecule has 1 aliphatic rings. The van der Waals surface area contributed by atoms with Crippen LogP contribution in [0.4, 0.5) is 4.79 Å². The molecule has 1 saturated heterocycles. The van der Waals surface area contributed by atoms with Crippen LogP contribution in [-0.4, -0.2) is 60.1 Å². The van der Waals surface area contributed by atoms with Crippen molar-refractivity contribution in [2.75, 3.05) is 20.2 Å². The summed E-state index contributed by atoms with van der Waals surface area (Å²) in [7, 11) is 1.49. The average molecular weight is 427 g/mol. The molecule has 10 nitrogen and oxygen atoms in total. The van der Waals surface area contributed by atoms with Crippen molar-refractivity contribution in [2.24, 2.45) is 5.92 Å². The van der Waals surface area contributed by atoms with Gasteiger partial charge in [-0.1, -0.05) is 18.5 Å². The van der Waals surface area contributed by atoms with Gasteiger partial charge < -0.3 is 15.4 Å². The number of methoxy groups -OCH3 is 1. The molecule has 0 spiro atoms. The number of carbonyl (C=O) groups excluding carboxylic acids is 4. The second kappa shape index (κ2) is 10.1. The van der Waals surface area contributed by atoms with Crippen LogP contribution in [0.25, 0.3) is 0 Å². The van der Waals surface area contributed by atoms with Gasteiger partial charge in [-0.2, -0.15) is 0 Å². The van der Waals surface area contributed by atoms with Crippen LogP contribution in [0.1, 0.15) is 18.9 Å². The Hall–Kier alpha value is -2.85. The van der Waals surface area contributed by atoms with E-state index in [0.29, 0.717) is 16.3 Å². The summed E-state index contributed by atoms with van der Waals surface area (Å²) in [5.41, 5.74) is 2.11. The molecule has 0 aromatic heterocycles. The van der Waals surface area contributed by atoms with Crippen LogP contribution < -0.4 is 20.9 Å². The van der Waals surface area contributed by atoms with Gasteiger partial charge in [0.05, 0.1) is 13.0 Å². The minimum Gasteiger partial charge on any atom is -0.496 e. The number of rotatable bonds is 6. The zero-order valence-electron chi connectivity index (χ0n) is 16.0. The first-order valence-corrected chi connectivity index (χ1v) is 9.33. The standard InChI is InChI=1S/C18H23ClN4O6/c1-3-13(16(25)22-28)21-18(27)23-9-15(24)20-8-11(17(23)26)6-10-7-12(19)4-5-14(10)29-2/h4-5,7,11,13,28H,3,6,8-9H2,1-2H3,(H,20,24)(H,21,27)(H,22,25)/t11?,13-/m1/s1. The molecule has 0 saturated carbocycles. The normalized spacial score (nSPS) is 17.8. The van der Waals surface area contributed by atoms with Gasteiger partial charge in [0.25, 0.3) is 5.91 Å². The lowest BCUT2D eigenvalue weighted by Crippen LogP contribution is -2.53. The summed E-state index contributed by atoms with van der Waals surface area (Å²) < 4.78 is 5.29. The second-order valence-corrected chi connectivity index (χ2v) is 6.91. The summed E-state index contributed by atoms with van der Waals surface area (Å²) in [4.78, 5) is 49.9. The highest BCUT2D eigenvalue weighted by molar-refractivity contribution is 6.30. The molecule has 0 aliphatic carbocycles. The zero-order chi connectivity index (χ0) is 21.6. The van der Waals surface area contributed by atoms with Crippen LogP contribution in [0.3, 0.4) is 0 Å². The van der Waals surface area contributed by atoms with E-state index in [0.717, 1.165) is 4.90 Å². The van der Waals surface area contributed by atoms with Crippen molar-refractivity contribution in [1.82, 2.24) is 21.0 Å². The SMILES string of the molecule is CC[C@@H](NC(=O)N1CC(=O)NCC(Cc2cc(Cl)ccc2OC)C1=O)C(=O)NO. The minimum atomic E-state index is -1.06. The molecule has 158 valence electrons. The zero-order valence-corrected chi connectivity index (χ0v) is 16.8. The Labute approximate surface area is 172 Å². The number of benzene rings is 1. The fraction of sp³-hybridized carbons (Fsp3) is 0.444. The summed E-state index contributed by atoms with van der Waals surface area (Å²) in [6, 6.07) is 3.02. The van der Waals surface area contributed by atoms with Crippen LogP contribution >= 0.6 is 11.6 Å². The molecule has 1 aromatic rings. The summed E-state index contributed by atoms with van der Waals surface area (Å²) in [6.07, 6.45) is 0.358. The van der Waals surface area contributed by atoms with E-state index >= 15 is 0 Å². The molecule has 1 aromatic carbocycles. The lowest BCUT2D eigenvalue weighted by atomic mass is 9.97. The topological polar surface area (TPSA) is 137 Å². The fourth-order valence-corrected chi connectivity index (χ4v) is 3.18. The number of nitrogens with one attached hydrogen (secondary N) is 3. The van der Waals surface area contributed by atoms with Gasteiger partial charge in [-0.15, -0.1) is 0 Å². The maximum atomic E-state index is 13.0. The van der Waals surface area contributed by atoms with Gasteiger partial charge in [-0.05, 0) is 36.6 Å². The van der Waals surface area contributed by atoms with Crippen LogP contribution in [-0.2, 0) is 20.8 Å². The fourth-order valence-electron chi connectivity index (χ4n) is 2.98. The van der Waals surface area contributed by atoms with Crippen molar-refractivity contribution in [3.05, 3.63) is 28.8 Å². The van der Waals surface area contributed by atoms with E-state index in [1.165, 1.54) is 12.6 Å². The highest BCUT2D eigenvalue weighted by Gasteiger charge is 2.35. The Bertz CT molecular complexity index is 803. The van der Waals surface area contributed by atoms with Crippen molar-refractivity contribution < 1.29 is 29.1 Å². The highest BCUT2D eigenvalue weighted by atomic mass is 35.5. The van der Waals surface area contributed by atoms with E-state index in [-0.39, 0.29) is 19.4 Å². The summed E-state index contributed by atoms with van der Waals surface area (Å²) >= 11 is 6.04. The lowest BCUT2D eigenvalue weighted by Gasteiger charge is -2.24. The quantitative estimate of drug-likeness (QED) is 0.385. The van der Waals surface area contributed by atoms with E-state index in [9.17, 15) is 19.2 Å². The Kier molecular flexibility index (Phi) is 7.80. The second-order valence-electron chi connectivity index (χ2n) is 6.47. The molecular weight excluding hydrogens is 404 g/mol. The van der Waals surface area contributed by atoms with Gasteiger partial charge in [-0.3, -0.25) is 24.5 Å². The largest absolute Gasteiger partial charge is 0.496 e. The maximum Gasteiger partial charge on any atom is 0.325 e. The van der Waals surface area contributed by atoms with Gasteiger partial charge in [-0.25, -0.2) is 10.3 Å². The van der Waals surface area contributed by atoms with Crippen LogP contribution in [0.5, 0.6) is 5.75 Å². The number of hydroxylamine groups is 1. The third kappa shape index (κ3) is 5.58. The predicted octanol–water partition coefficient (Wildman–Crippen LogP) is 0.459. The number of amides is 5. The lowest BCUT2D eigenvalue weighted by molar-refractivity contribution is -0.134. The summed E-state index contributed by atoms with van der Waals surface area (Å²) in [5, 5.41) is 14.2. The van der Waals surface area contributed by atoms with E-state index in [2.05, 4.69) is 10.6 Å². The molecule has 1 heterocycles. The first-order chi connectivity index (χ1) is 13.8.